The second-order valence-electron chi connectivity index (χ2n) is 5.48. The Bertz CT molecular complexity index is 844. The van der Waals surface area contributed by atoms with Crippen LogP contribution in [0.25, 0.3) is 10.6 Å². The lowest BCUT2D eigenvalue weighted by molar-refractivity contribution is -0.118. The number of hydrogen-bond acceptors (Lipinski definition) is 5. The molecule has 25 heavy (non-hydrogen) atoms. The first-order valence-corrected chi connectivity index (χ1v) is 9.55. The van der Waals surface area contributed by atoms with E-state index in [0.717, 1.165) is 16.1 Å². The van der Waals surface area contributed by atoms with Crippen LogP contribution in [-0.4, -0.2) is 28.2 Å². The van der Waals surface area contributed by atoms with Crippen LogP contribution in [0.5, 0.6) is 0 Å². The third-order valence-electron chi connectivity index (χ3n) is 3.62. The molecule has 3 rings (SSSR count). The second-order valence-corrected chi connectivity index (χ2v) is 7.12. The largest absolute Gasteiger partial charge is 0.370 e. The van der Waals surface area contributed by atoms with E-state index in [0.29, 0.717) is 12.2 Å². The molecule has 3 aromatic rings. The van der Waals surface area contributed by atoms with Crippen molar-refractivity contribution >= 4 is 34.5 Å². The van der Waals surface area contributed by atoms with Crippen molar-refractivity contribution < 1.29 is 9.59 Å². The van der Waals surface area contributed by atoms with Crippen molar-refractivity contribution in [2.24, 2.45) is 5.73 Å². The fourth-order valence-electron chi connectivity index (χ4n) is 2.35. The lowest BCUT2D eigenvalue weighted by atomic mass is 10.2. The molecule has 2 heterocycles. The van der Waals surface area contributed by atoms with Crippen molar-refractivity contribution in [2.75, 3.05) is 6.54 Å². The van der Waals surface area contributed by atoms with Gasteiger partial charge in [0.1, 0.15) is 10.7 Å². The summed E-state index contributed by atoms with van der Waals surface area (Å²) in [6, 6.07) is 11.6. The van der Waals surface area contributed by atoms with Gasteiger partial charge in [0.05, 0.1) is 0 Å². The highest BCUT2D eigenvalue weighted by Gasteiger charge is 2.20. The number of primary amides is 1. The molecule has 128 valence electrons. The van der Waals surface area contributed by atoms with E-state index in [1.54, 1.807) is 21.6 Å². The molecule has 0 atom stereocenters. The third-order valence-corrected chi connectivity index (χ3v) is 5.20. The van der Waals surface area contributed by atoms with Crippen LogP contribution in [0.1, 0.15) is 22.5 Å². The summed E-state index contributed by atoms with van der Waals surface area (Å²) >= 11 is 3.03. The molecule has 0 spiro atoms. The molecule has 0 bridgehead atoms. The maximum absolute atomic E-state index is 12.9. The normalized spacial score (nSPS) is 10.6. The van der Waals surface area contributed by atoms with Crippen LogP contribution < -0.4 is 5.73 Å². The lowest BCUT2D eigenvalue weighted by Gasteiger charge is -2.21. The van der Waals surface area contributed by atoms with Gasteiger partial charge < -0.3 is 10.6 Å². The van der Waals surface area contributed by atoms with Gasteiger partial charge >= 0.3 is 0 Å². The van der Waals surface area contributed by atoms with E-state index < -0.39 is 5.91 Å². The number of thiazole rings is 1. The molecule has 0 aliphatic heterocycles. The summed E-state index contributed by atoms with van der Waals surface area (Å²) in [6.45, 7) is 0.687. The number of aromatic nitrogens is 1. The summed E-state index contributed by atoms with van der Waals surface area (Å²) < 4.78 is 0. The number of carbonyl (C=O) groups is 2. The Morgan fingerprint density at radius 1 is 1.12 bits per heavy atom. The van der Waals surface area contributed by atoms with E-state index in [2.05, 4.69) is 4.98 Å². The van der Waals surface area contributed by atoms with Gasteiger partial charge in [0, 0.05) is 35.8 Å². The molecule has 1 aromatic carbocycles. The van der Waals surface area contributed by atoms with E-state index in [4.69, 9.17) is 5.73 Å². The minimum atomic E-state index is -0.428. The zero-order valence-corrected chi connectivity index (χ0v) is 15.1. The lowest BCUT2D eigenvalue weighted by Crippen LogP contribution is -2.33. The minimum Gasteiger partial charge on any atom is -0.370 e. The first-order valence-electron chi connectivity index (χ1n) is 7.73. The predicted octanol–water partition coefficient (Wildman–Crippen LogP) is 3.39. The van der Waals surface area contributed by atoms with Gasteiger partial charge in [-0.05, 0) is 17.0 Å². The standard InChI is InChI=1S/C18H17N3O2S2/c19-16(22)6-8-21(10-13-4-2-1-3-5-13)18(23)15-12-25-17(20-15)14-7-9-24-11-14/h1-5,7,9,11-12H,6,8,10H2,(H2,19,22). The molecular formula is C18H17N3O2S2. The number of thiophene rings is 1. The number of carbonyl (C=O) groups excluding carboxylic acids is 2. The van der Waals surface area contributed by atoms with Crippen molar-refractivity contribution in [3.05, 3.63) is 63.8 Å². The monoisotopic (exact) mass is 371 g/mol. The molecule has 2 amide bonds. The van der Waals surface area contributed by atoms with E-state index >= 15 is 0 Å². The highest BCUT2D eigenvalue weighted by atomic mass is 32.1. The number of nitrogens with two attached hydrogens (primary N) is 1. The first kappa shape index (κ1) is 17.3. The van der Waals surface area contributed by atoms with E-state index in [1.165, 1.54) is 11.3 Å². The Hall–Kier alpha value is -2.51. The van der Waals surface area contributed by atoms with Crippen molar-refractivity contribution in [3.63, 3.8) is 0 Å². The smallest absolute Gasteiger partial charge is 0.273 e. The van der Waals surface area contributed by atoms with Crippen molar-refractivity contribution in [1.82, 2.24) is 9.88 Å². The Balaban J connectivity index is 1.79. The van der Waals surface area contributed by atoms with E-state index in [1.807, 2.05) is 47.2 Å². The zero-order valence-electron chi connectivity index (χ0n) is 13.4. The van der Waals surface area contributed by atoms with Gasteiger partial charge in [-0.3, -0.25) is 9.59 Å². The average Bonchev–Trinajstić information content (AvgIpc) is 3.29. The molecule has 7 heteroatoms. The van der Waals surface area contributed by atoms with Gasteiger partial charge in [-0.2, -0.15) is 11.3 Å². The molecule has 0 aliphatic carbocycles. The number of rotatable bonds is 7. The van der Waals surface area contributed by atoms with Crippen LogP contribution in [-0.2, 0) is 11.3 Å². The van der Waals surface area contributed by atoms with Crippen LogP contribution in [0.3, 0.4) is 0 Å². The minimum absolute atomic E-state index is 0.125. The summed E-state index contributed by atoms with van der Waals surface area (Å²) in [5, 5.41) is 6.56. The SMILES string of the molecule is NC(=O)CCN(Cc1ccccc1)C(=O)c1csc(-c2ccsc2)n1. The van der Waals surface area contributed by atoms with Crippen molar-refractivity contribution in [3.8, 4) is 10.6 Å². The van der Waals surface area contributed by atoms with E-state index in [9.17, 15) is 9.59 Å². The van der Waals surface area contributed by atoms with E-state index in [-0.39, 0.29) is 18.9 Å². The van der Waals surface area contributed by atoms with Crippen LogP contribution in [0.2, 0.25) is 0 Å². The summed E-state index contributed by atoms with van der Waals surface area (Å²) in [6.07, 6.45) is 0.125. The summed E-state index contributed by atoms with van der Waals surface area (Å²) in [5.74, 6) is -0.620. The fraction of sp³-hybridized carbons (Fsp3) is 0.167. The van der Waals surface area contributed by atoms with Gasteiger partial charge in [0.15, 0.2) is 0 Å². The van der Waals surface area contributed by atoms with Crippen LogP contribution in [0, 0.1) is 0 Å². The van der Waals surface area contributed by atoms with Crippen molar-refractivity contribution in [1.29, 1.82) is 0 Å². The number of amides is 2. The number of hydrogen-bond donors (Lipinski definition) is 1. The Morgan fingerprint density at radius 2 is 1.92 bits per heavy atom. The van der Waals surface area contributed by atoms with Gasteiger partial charge in [-0.1, -0.05) is 30.3 Å². The summed E-state index contributed by atoms with van der Waals surface area (Å²) in [7, 11) is 0. The Kier molecular flexibility index (Phi) is 5.57. The molecule has 0 aliphatic rings. The highest BCUT2D eigenvalue weighted by molar-refractivity contribution is 7.14. The fourth-order valence-corrected chi connectivity index (χ4v) is 3.86. The second kappa shape index (κ2) is 8.04. The molecule has 5 nitrogen and oxygen atoms in total. The third kappa shape index (κ3) is 4.52. The van der Waals surface area contributed by atoms with Crippen LogP contribution >= 0.6 is 22.7 Å². The Morgan fingerprint density at radius 3 is 2.60 bits per heavy atom. The molecular weight excluding hydrogens is 354 g/mol. The number of benzene rings is 1. The molecule has 2 aromatic heterocycles. The molecule has 0 unspecified atom stereocenters. The Labute approximate surface area is 153 Å². The summed E-state index contributed by atoms with van der Waals surface area (Å²) in [5.41, 5.74) is 7.66. The molecule has 0 saturated carbocycles. The quantitative estimate of drug-likeness (QED) is 0.692. The topological polar surface area (TPSA) is 76.3 Å². The maximum Gasteiger partial charge on any atom is 0.273 e. The van der Waals surface area contributed by atoms with Gasteiger partial charge in [-0.25, -0.2) is 4.98 Å². The molecule has 2 N–H and O–H groups in total. The molecule has 0 radical (unpaired) electrons. The van der Waals surface area contributed by atoms with Crippen LogP contribution in [0.4, 0.5) is 0 Å². The number of nitrogens with zero attached hydrogens (tertiary/aromatic N) is 2. The average molecular weight is 371 g/mol. The first-order chi connectivity index (χ1) is 12.1. The predicted molar refractivity (Wildman–Crippen MR) is 100 cm³/mol. The summed E-state index contributed by atoms with van der Waals surface area (Å²) in [4.78, 5) is 30.1. The van der Waals surface area contributed by atoms with Crippen molar-refractivity contribution in [2.45, 2.75) is 13.0 Å². The van der Waals surface area contributed by atoms with Gasteiger partial charge in [0.2, 0.25) is 5.91 Å². The maximum atomic E-state index is 12.9. The van der Waals surface area contributed by atoms with Gasteiger partial charge in [0.25, 0.3) is 5.91 Å². The van der Waals surface area contributed by atoms with Crippen LogP contribution in [0.15, 0.2) is 52.5 Å². The molecule has 0 fully saturated rings. The molecule has 0 saturated heterocycles. The zero-order chi connectivity index (χ0) is 17.6. The highest BCUT2D eigenvalue weighted by Crippen LogP contribution is 2.26. The van der Waals surface area contributed by atoms with Gasteiger partial charge in [-0.15, -0.1) is 11.3 Å².